The van der Waals surface area contributed by atoms with Crippen LogP contribution in [-0.2, 0) is 295 Å². The summed E-state index contributed by atoms with van der Waals surface area (Å²) in [6, 6.07) is 0. The van der Waals surface area contributed by atoms with E-state index in [0.717, 1.165) is 0 Å². The standard InChI is InChI=1S/C38H68O77S16/c1-2-87-3-4-88-5-6-89-7-8-90-34-29(111-127(72,73)74)24(19(105-121(54,55)56)14(96-34)9-91-116(39,40)41)101-35-30(112-128(75,76)77)25(20(106-122(57,58)59)15(97-35)10-92-117(42,43)44)102-36-31(113-129(78,79)80)26(21(107-123(60,61)62)16(98-36)11-93-118(45,46)47)103-37-32(114-130(81,82)83)27(22(108-124(63,64)65)17(99-37)12-94-119(48,49)50)104-38-33(115-131(84,85)86)28(110-126(69,70)71)23(109-125(66,67)68)18(100-38)13-95-120(51,52)53/h14-38H,2-13H2,1H3,(H,39,40,41)(H,42,43,44)(H,45,46,47)(H,48,49,50)(H,51,52,53)(H,54,55,56)(H,57,58,59)(H,60,61,62)(H,63,64,65)(H,66,67,68)(H,69,70,71)(H,72,73,74)(H,75,76,77)(H,78,79,80)(H,81,82,83)(H,84,85,86)/t14-,15-,16-,17-,18-,19-,20-,21-,22-,23-,24+,25+,26+,27+,28+,29-,30-,31-,32-,33-,34?,35+,36+,37+,38+/m1/s1. The Morgan fingerprint density at radius 2 is 0.336 bits per heavy atom. The summed E-state index contributed by atoms with van der Waals surface area (Å²) in [5, 5.41) is 0. The number of hydrogen-bond donors (Lipinski definition) is 16. The van der Waals surface area contributed by atoms with Gasteiger partial charge in [-0.2, -0.15) is 135 Å². The Kier molecular flexibility index (Phi) is 42.1. The fourth-order valence-corrected chi connectivity index (χ4v) is 18.2. The van der Waals surface area contributed by atoms with Gasteiger partial charge in [0, 0.05) is 6.61 Å². The number of ether oxygens (including phenoxy) is 13. The first kappa shape index (κ1) is 119. The van der Waals surface area contributed by atoms with Crippen molar-refractivity contribution in [2.75, 3.05) is 79.3 Å². The third-order valence-corrected chi connectivity index (χ3v) is 22.3. The molecule has 0 saturated carbocycles. The van der Waals surface area contributed by atoms with Crippen molar-refractivity contribution in [2.45, 2.75) is 160 Å². The third-order valence-electron chi connectivity index (χ3n) is 15.0. The molecule has 0 aliphatic carbocycles. The number of hydrogen-bond acceptors (Lipinski definition) is 61. The third kappa shape index (κ3) is 45.3. The predicted molar refractivity (Wildman–Crippen MR) is 375 cm³/mol. The van der Waals surface area contributed by atoms with E-state index in [9.17, 15) is 208 Å². The van der Waals surface area contributed by atoms with Crippen molar-refractivity contribution >= 4 is 166 Å². The van der Waals surface area contributed by atoms with Gasteiger partial charge >= 0.3 is 166 Å². The van der Waals surface area contributed by atoms with E-state index >= 15 is 0 Å². The van der Waals surface area contributed by atoms with Crippen LogP contribution in [0, 0.1) is 0 Å². The van der Waals surface area contributed by atoms with Crippen LogP contribution in [-0.4, -0.2) is 440 Å². The second-order valence-corrected chi connectivity index (χ2v) is 41.3. The van der Waals surface area contributed by atoms with Gasteiger partial charge in [0.15, 0.2) is 62.0 Å². The van der Waals surface area contributed by atoms with Crippen molar-refractivity contribution < 1.29 is 336 Å². The molecule has 25 atom stereocenters. The molecule has 5 aliphatic rings. The van der Waals surface area contributed by atoms with E-state index in [-0.39, 0.29) is 26.4 Å². The summed E-state index contributed by atoms with van der Waals surface area (Å²) in [5.41, 5.74) is 0. The zero-order chi connectivity index (χ0) is 100. The molecule has 93 heteroatoms. The SMILES string of the molecule is CCOCCOCCOCCOC1O[C@H](COS(=O)(=O)O)[C@@H](OS(=O)(=O)O)[C@H](O[C@@H]2O[C@H](COS(=O)(=O)O)[C@@H](OS(=O)(=O)O)[C@H](O[C@@H]3O[C@H](COS(=O)(=O)O)[C@@H](OS(=O)(=O)O)[C@H](O[C@@H]4O[C@H](COS(=O)(=O)O)[C@@H](OS(=O)(=O)O)[C@H](O[C@@H]5O[C@H](COS(=O)(=O)O)[C@@H](OS(=O)(=O)O)[C@H](OS(=O)(=O)O)[C@H]5OS(=O)(=O)O)[C@H]4OS(=O)(=O)O)[C@H]3OS(=O)(=O)O)[C@H]2OS(=O)(=O)O)[C@H]1OS(=O)(=O)O. The van der Waals surface area contributed by atoms with Crippen LogP contribution >= 0.6 is 0 Å². The van der Waals surface area contributed by atoms with Gasteiger partial charge in [-0.15, -0.1) is 0 Å². The molecule has 5 heterocycles. The zero-order valence-electron chi connectivity index (χ0n) is 62.5. The summed E-state index contributed by atoms with van der Waals surface area (Å²) in [6.07, 6.45) is -96.2. The van der Waals surface area contributed by atoms with Gasteiger partial charge < -0.3 is 61.6 Å². The molecule has 5 saturated heterocycles. The first-order valence-electron chi connectivity index (χ1n) is 32.4. The highest BCUT2D eigenvalue weighted by atomic mass is 32.3. The highest BCUT2D eigenvalue weighted by Gasteiger charge is 2.65. The van der Waals surface area contributed by atoms with Crippen LogP contribution in [0.3, 0.4) is 0 Å². The Hall–Kier alpha value is -2.60. The fourth-order valence-electron chi connectivity index (χ4n) is 11.2. The van der Waals surface area contributed by atoms with Gasteiger partial charge in [-0.05, 0) is 6.92 Å². The average Bonchev–Trinajstić information content (AvgIpc) is 0.745. The molecule has 77 nitrogen and oxygen atoms in total. The van der Waals surface area contributed by atoms with E-state index in [1.807, 2.05) is 0 Å². The highest BCUT2D eigenvalue weighted by molar-refractivity contribution is 7.84. The fraction of sp³-hybridized carbons (Fsp3) is 1.00. The van der Waals surface area contributed by atoms with Crippen LogP contribution in [0.5, 0.6) is 0 Å². The lowest BCUT2D eigenvalue weighted by Gasteiger charge is -2.51. The van der Waals surface area contributed by atoms with Gasteiger partial charge in [-0.3, -0.25) is 72.8 Å². The summed E-state index contributed by atoms with van der Waals surface area (Å²) in [7, 11) is -106. The second-order valence-electron chi connectivity index (χ2n) is 24.3. The Morgan fingerprint density at radius 1 is 0.183 bits per heavy atom. The molecule has 16 N–H and O–H groups in total. The predicted octanol–water partition coefficient (Wildman–Crippen LogP) is -13.6. The maximum Gasteiger partial charge on any atom is 0.397 e. The van der Waals surface area contributed by atoms with E-state index in [0.29, 0.717) is 0 Å². The summed E-state index contributed by atoms with van der Waals surface area (Å²) in [5.74, 6) is 0. The minimum Gasteiger partial charge on any atom is -0.379 e. The quantitative estimate of drug-likeness (QED) is 0.0199. The average molecular weight is 2270 g/mol. The molecule has 0 amide bonds. The molecule has 0 aromatic rings. The van der Waals surface area contributed by atoms with Gasteiger partial charge in [0.25, 0.3) is 0 Å². The van der Waals surface area contributed by atoms with Crippen molar-refractivity contribution in [1.29, 1.82) is 0 Å². The van der Waals surface area contributed by atoms with Gasteiger partial charge in [-0.1, -0.05) is 0 Å². The molecule has 1 unspecified atom stereocenters. The van der Waals surface area contributed by atoms with Crippen LogP contribution < -0.4 is 0 Å². The molecular weight excluding hydrogens is 2200 g/mol. The van der Waals surface area contributed by atoms with Crippen molar-refractivity contribution in [3.63, 3.8) is 0 Å². The molecule has 5 rings (SSSR count). The van der Waals surface area contributed by atoms with Crippen molar-refractivity contribution in [2.24, 2.45) is 0 Å². The molecular formula is C38H68O77S16. The van der Waals surface area contributed by atoms with Crippen LogP contribution in [0.25, 0.3) is 0 Å². The Bertz CT molecular complexity index is 5790. The molecule has 778 valence electrons. The summed E-state index contributed by atoms with van der Waals surface area (Å²) < 4.78 is 705. The smallest absolute Gasteiger partial charge is 0.379 e. The molecule has 0 bridgehead atoms. The van der Waals surface area contributed by atoms with Gasteiger partial charge in [0.05, 0.1) is 72.7 Å². The molecule has 0 aromatic carbocycles. The van der Waals surface area contributed by atoms with E-state index in [1.165, 1.54) is 0 Å². The van der Waals surface area contributed by atoms with Crippen molar-refractivity contribution in [3.05, 3.63) is 0 Å². The molecule has 131 heavy (non-hydrogen) atoms. The minimum absolute atomic E-state index is 0.0155. The van der Waals surface area contributed by atoms with Gasteiger partial charge in [0.1, 0.15) is 91.6 Å². The largest absolute Gasteiger partial charge is 0.397 e. The summed E-state index contributed by atoms with van der Waals surface area (Å²) in [6.45, 7) is -13.1. The van der Waals surface area contributed by atoms with Crippen LogP contribution in [0.2, 0.25) is 0 Å². The van der Waals surface area contributed by atoms with Gasteiger partial charge in [-0.25, -0.2) is 66.9 Å². The van der Waals surface area contributed by atoms with E-state index in [2.05, 4.69) is 66.9 Å². The maximum absolute atomic E-state index is 13.4. The first-order chi connectivity index (χ1) is 58.8. The summed E-state index contributed by atoms with van der Waals surface area (Å²) >= 11 is 0. The van der Waals surface area contributed by atoms with Crippen LogP contribution in [0.4, 0.5) is 0 Å². The van der Waals surface area contributed by atoms with E-state index in [1.54, 1.807) is 6.92 Å². The minimum atomic E-state index is -7.14. The molecule has 5 fully saturated rings. The van der Waals surface area contributed by atoms with Crippen LogP contribution in [0.1, 0.15) is 6.92 Å². The molecule has 0 spiro atoms. The Morgan fingerprint density at radius 3 is 0.527 bits per heavy atom. The van der Waals surface area contributed by atoms with E-state index < -0.39 is 373 Å². The second kappa shape index (κ2) is 46.4. The summed E-state index contributed by atoms with van der Waals surface area (Å²) in [4.78, 5) is 0. The molecule has 0 aromatic heterocycles. The Balaban J connectivity index is 2.03. The van der Waals surface area contributed by atoms with E-state index in [4.69, 9.17) is 61.6 Å². The lowest BCUT2D eigenvalue weighted by Crippen LogP contribution is -2.70. The normalized spacial score (nSPS) is 31.6. The first-order valence-corrected chi connectivity index (χ1v) is 54.2. The van der Waals surface area contributed by atoms with Crippen molar-refractivity contribution in [1.82, 2.24) is 0 Å². The highest BCUT2D eigenvalue weighted by Crippen LogP contribution is 2.44. The van der Waals surface area contributed by atoms with Gasteiger partial charge in [0.2, 0.25) is 0 Å². The Labute approximate surface area is 737 Å². The lowest BCUT2D eigenvalue weighted by molar-refractivity contribution is -0.385. The van der Waals surface area contributed by atoms with Crippen LogP contribution in [0.15, 0.2) is 0 Å². The lowest BCUT2D eigenvalue weighted by atomic mass is 9.95. The maximum atomic E-state index is 13.4. The molecule has 0 radical (unpaired) electrons. The molecule has 5 aliphatic heterocycles. The monoisotopic (exact) mass is 2270 g/mol. The van der Waals surface area contributed by atoms with Crippen molar-refractivity contribution in [3.8, 4) is 0 Å². The zero-order valence-corrected chi connectivity index (χ0v) is 75.6. The number of rotatable bonds is 56. The topological polar surface area (TPSA) is 1140 Å².